The van der Waals surface area contributed by atoms with Gasteiger partial charge in [-0.25, -0.2) is 10.4 Å². The highest BCUT2D eigenvalue weighted by atomic mass is 35.5. The van der Waals surface area contributed by atoms with Crippen molar-refractivity contribution in [3.05, 3.63) is 0 Å². The molecule has 0 radical (unpaired) electrons. The molecular weight excluding hydrogens is 525 g/mol. The van der Waals surface area contributed by atoms with Crippen molar-refractivity contribution in [2.75, 3.05) is 40.3 Å². The second-order valence-electron chi connectivity index (χ2n) is 10.9. The number of nitrogens with zero attached hydrogens (tertiary/aromatic N) is 2. The minimum Gasteiger partial charge on any atom is -0.380 e. The molecule has 5 aliphatic rings. The standard InChI is InChI=1S/C23H39Cl2N7O3S/c1-11-4-12(13-5-19(24)27-8-17(13)35-3)14(7-26-11)21(33)29-23-28-15-9-32(10-18(15)36-23)22(34)16-6-20(25)30-31(16)2/h11-20,23,26-28,30H,4-10H2,1-3H3,(H,29,33). The first-order valence-corrected chi connectivity index (χ1v) is 14.8. The highest BCUT2D eigenvalue weighted by molar-refractivity contribution is 8.00. The molecule has 2 amide bonds. The average Bonchev–Trinajstić information content (AvgIpc) is 3.50. The maximum atomic E-state index is 13.5. The molecule has 5 aliphatic heterocycles. The molecule has 13 heteroatoms. The Morgan fingerprint density at radius 1 is 1.06 bits per heavy atom. The molecule has 0 aromatic rings. The van der Waals surface area contributed by atoms with Gasteiger partial charge in [0, 0.05) is 64.1 Å². The van der Waals surface area contributed by atoms with Gasteiger partial charge in [-0.2, -0.15) is 0 Å². The predicted molar refractivity (Wildman–Crippen MR) is 141 cm³/mol. The molecule has 0 saturated carbocycles. The number of nitrogens with one attached hydrogen (secondary N) is 5. The van der Waals surface area contributed by atoms with Gasteiger partial charge in [0.05, 0.1) is 23.0 Å². The lowest BCUT2D eigenvalue weighted by atomic mass is 9.70. The fourth-order valence-electron chi connectivity index (χ4n) is 6.64. The van der Waals surface area contributed by atoms with E-state index >= 15 is 0 Å². The van der Waals surface area contributed by atoms with Crippen LogP contribution in [-0.2, 0) is 14.3 Å². The van der Waals surface area contributed by atoms with Crippen LogP contribution in [-0.4, -0.2) is 108 Å². The van der Waals surface area contributed by atoms with Crippen LogP contribution in [0.1, 0.15) is 26.2 Å². The van der Waals surface area contributed by atoms with Crippen LogP contribution in [0.3, 0.4) is 0 Å². The number of piperidine rings is 2. The van der Waals surface area contributed by atoms with E-state index in [0.29, 0.717) is 38.6 Å². The number of rotatable bonds is 5. The SMILES string of the molecule is COC1CNC(Cl)CC1C1CC(C)NCC1C(=O)NC1NC2CN(C(=O)C3CC(Cl)NN3C)CC2S1. The molecule has 0 aromatic carbocycles. The summed E-state index contributed by atoms with van der Waals surface area (Å²) in [5.74, 6) is 0.488. The number of likely N-dealkylation sites (N-methyl/N-ethyl adjacent to an activating group) is 1. The summed E-state index contributed by atoms with van der Waals surface area (Å²) < 4.78 is 5.79. The Kier molecular flexibility index (Phi) is 8.61. The zero-order valence-electron chi connectivity index (χ0n) is 21.1. The van der Waals surface area contributed by atoms with E-state index in [2.05, 4.69) is 33.6 Å². The third-order valence-electron chi connectivity index (χ3n) is 8.57. The smallest absolute Gasteiger partial charge is 0.241 e. The van der Waals surface area contributed by atoms with Crippen molar-refractivity contribution in [3.8, 4) is 0 Å². The number of hydrogen-bond donors (Lipinski definition) is 5. The summed E-state index contributed by atoms with van der Waals surface area (Å²) in [7, 11) is 3.61. The topological polar surface area (TPSA) is 110 Å². The number of methoxy groups -OCH3 is 1. The number of hydrazine groups is 1. The summed E-state index contributed by atoms with van der Waals surface area (Å²) in [6, 6.07) is 0.282. The number of alkyl halides is 2. The van der Waals surface area contributed by atoms with E-state index in [9.17, 15) is 9.59 Å². The number of halogens is 2. The van der Waals surface area contributed by atoms with E-state index in [0.717, 1.165) is 12.8 Å². The maximum absolute atomic E-state index is 13.5. The highest BCUT2D eigenvalue weighted by Gasteiger charge is 2.48. The second-order valence-corrected chi connectivity index (χ2v) is 13.3. The Morgan fingerprint density at radius 2 is 1.86 bits per heavy atom. The molecular formula is C23H39Cl2N7O3S. The molecule has 5 fully saturated rings. The number of thioether (sulfide) groups is 1. The Bertz CT molecular complexity index is 817. The molecule has 5 heterocycles. The van der Waals surface area contributed by atoms with Gasteiger partial charge in [-0.1, -0.05) is 0 Å². The van der Waals surface area contributed by atoms with Crippen LogP contribution in [0, 0.1) is 17.8 Å². The van der Waals surface area contributed by atoms with Crippen LogP contribution >= 0.6 is 35.0 Å². The summed E-state index contributed by atoms with van der Waals surface area (Å²) in [5, 5.41) is 15.7. The summed E-state index contributed by atoms with van der Waals surface area (Å²) in [6.45, 7) is 4.86. The van der Waals surface area contributed by atoms with Crippen molar-refractivity contribution >= 4 is 46.8 Å². The van der Waals surface area contributed by atoms with Gasteiger partial charge in [-0.05, 0) is 31.6 Å². The number of likely N-dealkylation sites (tertiary alicyclic amines) is 1. The van der Waals surface area contributed by atoms with Crippen molar-refractivity contribution in [1.82, 2.24) is 36.6 Å². The zero-order chi connectivity index (χ0) is 25.6. The number of hydrogen-bond acceptors (Lipinski definition) is 9. The van der Waals surface area contributed by atoms with Gasteiger partial charge in [0.2, 0.25) is 11.8 Å². The molecule has 11 unspecified atom stereocenters. The number of ether oxygens (including phenoxy) is 1. The number of carbonyl (C=O) groups is 2. The van der Waals surface area contributed by atoms with E-state index in [-0.39, 0.29) is 69.5 Å². The van der Waals surface area contributed by atoms with Gasteiger partial charge in [-0.15, -0.1) is 35.0 Å². The maximum Gasteiger partial charge on any atom is 0.241 e. The average molecular weight is 565 g/mol. The molecule has 5 rings (SSSR count). The molecule has 0 spiro atoms. The molecule has 5 N–H and O–H groups in total. The van der Waals surface area contributed by atoms with E-state index in [1.54, 1.807) is 18.9 Å². The highest BCUT2D eigenvalue weighted by Crippen LogP contribution is 2.38. The van der Waals surface area contributed by atoms with Crippen molar-refractivity contribution < 1.29 is 14.3 Å². The number of amides is 2. The van der Waals surface area contributed by atoms with Crippen molar-refractivity contribution in [2.24, 2.45) is 17.8 Å². The lowest BCUT2D eigenvalue weighted by molar-refractivity contribution is -0.135. The van der Waals surface area contributed by atoms with Crippen LogP contribution in [0.5, 0.6) is 0 Å². The van der Waals surface area contributed by atoms with Gasteiger partial charge >= 0.3 is 0 Å². The minimum absolute atomic E-state index is 0.0515. The molecule has 5 saturated heterocycles. The first kappa shape index (κ1) is 27.2. The van der Waals surface area contributed by atoms with Crippen LogP contribution in [0.4, 0.5) is 0 Å². The molecule has 0 aromatic heterocycles. The quantitative estimate of drug-likeness (QED) is 0.231. The van der Waals surface area contributed by atoms with Gasteiger partial charge in [0.15, 0.2) is 0 Å². The molecule has 11 atom stereocenters. The molecule has 0 bridgehead atoms. The van der Waals surface area contributed by atoms with Crippen LogP contribution in [0.2, 0.25) is 0 Å². The molecule has 0 aliphatic carbocycles. The summed E-state index contributed by atoms with van der Waals surface area (Å²) >= 11 is 14.3. The van der Waals surface area contributed by atoms with E-state index in [4.69, 9.17) is 27.9 Å². The first-order chi connectivity index (χ1) is 17.2. The van der Waals surface area contributed by atoms with E-state index in [1.165, 1.54) is 0 Å². The third kappa shape index (κ3) is 5.65. The summed E-state index contributed by atoms with van der Waals surface area (Å²) in [4.78, 5) is 28.5. The van der Waals surface area contributed by atoms with Crippen molar-refractivity contribution in [2.45, 2.75) is 72.2 Å². The van der Waals surface area contributed by atoms with Crippen molar-refractivity contribution in [1.29, 1.82) is 0 Å². The second kappa shape index (κ2) is 11.4. The third-order valence-corrected chi connectivity index (χ3v) is 10.5. The normalized spacial score (nSPS) is 45.6. The van der Waals surface area contributed by atoms with Crippen molar-refractivity contribution in [3.63, 3.8) is 0 Å². The van der Waals surface area contributed by atoms with Gasteiger partial charge in [0.1, 0.15) is 11.5 Å². The van der Waals surface area contributed by atoms with Gasteiger partial charge in [-0.3, -0.25) is 20.2 Å². The number of carbonyl (C=O) groups excluding carboxylic acids is 2. The lowest BCUT2D eigenvalue weighted by Crippen LogP contribution is -2.57. The molecule has 204 valence electrons. The Labute approximate surface area is 227 Å². The van der Waals surface area contributed by atoms with Crippen LogP contribution in [0.15, 0.2) is 0 Å². The first-order valence-electron chi connectivity index (χ1n) is 13.0. The largest absolute Gasteiger partial charge is 0.380 e. The fraction of sp³-hybridized carbons (Fsp3) is 0.913. The van der Waals surface area contributed by atoms with Gasteiger partial charge in [0.25, 0.3) is 0 Å². The van der Waals surface area contributed by atoms with Crippen LogP contribution < -0.4 is 26.7 Å². The Hall–Kier alpha value is -0.370. The van der Waals surface area contributed by atoms with Crippen LogP contribution in [0.25, 0.3) is 0 Å². The molecule has 10 nitrogen and oxygen atoms in total. The zero-order valence-corrected chi connectivity index (χ0v) is 23.4. The Balaban J connectivity index is 1.17. The minimum atomic E-state index is -0.233. The predicted octanol–water partition coefficient (Wildman–Crippen LogP) is -0.121. The Morgan fingerprint density at radius 3 is 2.56 bits per heavy atom. The monoisotopic (exact) mass is 563 g/mol. The van der Waals surface area contributed by atoms with E-state index in [1.807, 2.05) is 17.0 Å². The number of fused-ring (bicyclic) bond motifs is 1. The van der Waals surface area contributed by atoms with E-state index < -0.39 is 0 Å². The lowest BCUT2D eigenvalue weighted by Gasteiger charge is -2.45. The summed E-state index contributed by atoms with van der Waals surface area (Å²) in [6.07, 6.45) is 2.37. The van der Waals surface area contributed by atoms with Gasteiger partial charge < -0.3 is 20.3 Å². The fourth-order valence-corrected chi connectivity index (χ4v) is 8.67. The summed E-state index contributed by atoms with van der Waals surface area (Å²) in [5.41, 5.74) is 2.62. The molecule has 36 heavy (non-hydrogen) atoms.